The number of carbonyl (C=O) groups excluding carboxylic acids is 2. The maximum absolute atomic E-state index is 13.5. The Morgan fingerprint density at radius 1 is 1.28 bits per heavy atom. The van der Waals surface area contributed by atoms with Crippen molar-refractivity contribution >= 4 is 52.1 Å². The van der Waals surface area contributed by atoms with Crippen molar-refractivity contribution < 1.29 is 19.1 Å². The van der Waals surface area contributed by atoms with Crippen LogP contribution in [-0.2, 0) is 27.9 Å². The number of benzene rings is 1. The number of nitrogens with zero attached hydrogens (tertiary/aromatic N) is 4. The van der Waals surface area contributed by atoms with Crippen molar-refractivity contribution in [3.05, 3.63) is 61.8 Å². The van der Waals surface area contributed by atoms with Crippen LogP contribution in [0.25, 0.3) is 6.08 Å². The summed E-state index contributed by atoms with van der Waals surface area (Å²) in [4.78, 5) is 43.0. The van der Waals surface area contributed by atoms with E-state index in [1.165, 1.54) is 21.2 Å². The number of aromatic nitrogens is 1. The highest BCUT2D eigenvalue weighted by Gasteiger charge is 2.34. The van der Waals surface area contributed by atoms with Crippen LogP contribution in [0, 0.1) is 24.2 Å². The van der Waals surface area contributed by atoms with Gasteiger partial charge in [0.25, 0.3) is 11.5 Å². The van der Waals surface area contributed by atoms with Gasteiger partial charge in [-0.2, -0.15) is 5.26 Å². The largest absolute Gasteiger partial charge is 0.497 e. The fourth-order valence-corrected chi connectivity index (χ4v) is 6.13. The van der Waals surface area contributed by atoms with Gasteiger partial charge in [0.2, 0.25) is 0 Å². The number of anilines is 1. The molecule has 0 saturated carbocycles. The number of carbonyl (C=O) groups is 2. The lowest BCUT2D eigenvalue weighted by Gasteiger charge is -2.35. The van der Waals surface area contributed by atoms with E-state index >= 15 is 0 Å². The number of hydrogen-bond acceptors (Lipinski definition) is 9. The highest BCUT2D eigenvalue weighted by atomic mass is 32.2. The van der Waals surface area contributed by atoms with Crippen LogP contribution in [0.3, 0.4) is 0 Å². The molecule has 39 heavy (non-hydrogen) atoms. The average Bonchev–Trinajstić information content (AvgIpc) is 3.20. The lowest BCUT2D eigenvalue weighted by molar-refractivity contribution is -0.148. The summed E-state index contributed by atoms with van der Waals surface area (Å²) in [6, 6.07) is 9.44. The van der Waals surface area contributed by atoms with E-state index in [2.05, 4.69) is 0 Å². The number of piperidine rings is 1. The van der Waals surface area contributed by atoms with Gasteiger partial charge in [-0.15, -0.1) is 0 Å². The number of thiocarbonyl (C=S) groups is 1. The Morgan fingerprint density at radius 3 is 2.64 bits per heavy atom. The quantitative estimate of drug-likeness (QED) is 0.281. The van der Waals surface area contributed by atoms with E-state index in [-0.39, 0.29) is 23.4 Å². The summed E-state index contributed by atoms with van der Waals surface area (Å²) in [5.41, 5.74) is 1.56. The fourth-order valence-electron chi connectivity index (χ4n) is 4.90. The molecule has 2 aliphatic rings. The lowest BCUT2D eigenvalue weighted by atomic mass is 9.96. The Morgan fingerprint density at radius 2 is 2.00 bits per heavy atom. The van der Waals surface area contributed by atoms with Gasteiger partial charge in [-0.3, -0.25) is 23.9 Å². The predicted molar refractivity (Wildman–Crippen MR) is 154 cm³/mol. The third-order valence-corrected chi connectivity index (χ3v) is 8.34. The second-order valence-electron chi connectivity index (χ2n) is 9.37. The monoisotopic (exact) mass is 566 g/mol. The first-order chi connectivity index (χ1) is 18.7. The SMILES string of the molecule is CCOC(=O)C1CCCN(c2c(/C=C3\SC(=S)N(Cc4ccc(OC)cc4)C3=O)c(C)c(C#N)c(=O)n2C)C1. The molecule has 11 heteroatoms. The third kappa shape index (κ3) is 5.72. The van der Waals surface area contributed by atoms with Gasteiger partial charge in [0.05, 0.1) is 31.1 Å². The third-order valence-electron chi connectivity index (χ3n) is 6.96. The number of methoxy groups -OCH3 is 1. The molecule has 4 rings (SSSR count). The molecule has 2 aromatic rings. The lowest BCUT2D eigenvalue weighted by Crippen LogP contribution is -2.42. The molecule has 0 bridgehead atoms. The van der Waals surface area contributed by atoms with Crippen molar-refractivity contribution in [2.75, 3.05) is 31.7 Å². The summed E-state index contributed by atoms with van der Waals surface area (Å²) in [7, 11) is 3.20. The Bertz CT molecular complexity index is 1440. The Labute approximate surface area is 237 Å². The number of rotatable bonds is 7. The number of hydrogen-bond donors (Lipinski definition) is 0. The van der Waals surface area contributed by atoms with E-state index in [1.54, 1.807) is 34.1 Å². The molecule has 2 aliphatic heterocycles. The van der Waals surface area contributed by atoms with Crippen molar-refractivity contribution in [1.29, 1.82) is 5.26 Å². The van der Waals surface area contributed by atoms with Crippen molar-refractivity contribution in [2.45, 2.75) is 33.2 Å². The minimum absolute atomic E-state index is 0.0140. The topological polar surface area (TPSA) is 105 Å². The molecule has 1 unspecified atom stereocenters. The summed E-state index contributed by atoms with van der Waals surface area (Å²) in [5.74, 6) is 0.434. The smallest absolute Gasteiger partial charge is 0.310 e. The minimum Gasteiger partial charge on any atom is -0.497 e. The molecular formula is C28H30N4O5S2. The van der Waals surface area contributed by atoms with Gasteiger partial charge in [0, 0.05) is 25.7 Å². The van der Waals surface area contributed by atoms with Gasteiger partial charge in [-0.05, 0) is 56.0 Å². The highest BCUT2D eigenvalue weighted by molar-refractivity contribution is 8.26. The van der Waals surface area contributed by atoms with Crippen LogP contribution >= 0.6 is 24.0 Å². The van der Waals surface area contributed by atoms with Crippen LogP contribution in [0.5, 0.6) is 5.75 Å². The van der Waals surface area contributed by atoms with Crippen LogP contribution in [-0.4, -0.2) is 52.5 Å². The van der Waals surface area contributed by atoms with E-state index in [0.29, 0.717) is 58.8 Å². The van der Waals surface area contributed by atoms with Crippen molar-refractivity contribution in [3.63, 3.8) is 0 Å². The number of pyridine rings is 1. The van der Waals surface area contributed by atoms with Gasteiger partial charge in [0.15, 0.2) is 0 Å². The van der Waals surface area contributed by atoms with E-state index in [0.717, 1.165) is 17.7 Å². The normalized spacial score (nSPS) is 18.4. The maximum atomic E-state index is 13.5. The molecule has 1 aromatic carbocycles. The molecular weight excluding hydrogens is 536 g/mol. The first-order valence-corrected chi connectivity index (χ1v) is 13.9. The van der Waals surface area contributed by atoms with E-state index in [1.807, 2.05) is 35.2 Å². The summed E-state index contributed by atoms with van der Waals surface area (Å²) < 4.78 is 12.3. The molecule has 1 atom stereocenters. The Hall–Kier alpha value is -3.62. The zero-order valence-electron chi connectivity index (χ0n) is 22.4. The van der Waals surface area contributed by atoms with Crippen LogP contribution in [0.2, 0.25) is 0 Å². The summed E-state index contributed by atoms with van der Waals surface area (Å²) in [5, 5.41) is 9.75. The molecule has 1 aromatic heterocycles. The molecule has 0 radical (unpaired) electrons. The molecule has 2 saturated heterocycles. The minimum atomic E-state index is -0.424. The van der Waals surface area contributed by atoms with Crippen molar-refractivity contribution in [1.82, 2.24) is 9.47 Å². The number of thioether (sulfide) groups is 1. The number of esters is 1. The molecule has 9 nitrogen and oxygen atoms in total. The van der Waals surface area contributed by atoms with Gasteiger partial charge in [-0.25, -0.2) is 0 Å². The van der Waals surface area contributed by atoms with Gasteiger partial charge in [0.1, 0.15) is 27.5 Å². The molecule has 3 heterocycles. The maximum Gasteiger partial charge on any atom is 0.310 e. The van der Waals surface area contributed by atoms with E-state index in [4.69, 9.17) is 21.7 Å². The van der Waals surface area contributed by atoms with Gasteiger partial charge in [-0.1, -0.05) is 36.1 Å². The summed E-state index contributed by atoms with van der Waals surface area (Å²) >= 11 is 6.73. The predicted octanol–water partition coefficient (Wildman–Crippen LogP) is 3.75. The molecule has 0 spiro atoms. The van der Waals surface area contributed by atoms with Gasteiger partial charge >= 0.3 is 5.97 Å². The van der Waals surface area contributed by atoms with Crippen molar-refractivity contribution in [3.8, 4) is 11.8 Å². The van der Waals surface area contributed by atoms with Crippen LogP contribution in [0.15, 0.2) is 34.0 Å². The second kappa shape index (κ2) is 12.1. The molecule has 1 amide bonds. The Kier molecular flexibility index (Phi) is 8.77. The number of nitriles is 1. The summed E-state index contributed by atoms with van der Waals surface area (Å²) in [6.45, 7) is 5.08. The van der Waals surface area contributed by atoms with Gasteiger partial charge < -0.3 is 14.4 Å². The fraction of sp³-hybridized carbons (Fsp3) is 0.393. The van der Waals surface area contributed by atoms with Crippen molar-refractivity contribution in [2.24, 2.45) is 13.0 Å². The zero-order valence-corrected chi connectivity index (χ0v) is 24.0. The molecule has 0 N–H and O–H groups in total. The second-order valence-corrected chi connectivity index (χ2v) is 11.0. The molecule has 204 valence electrons. The molecule has 0 aliphatic carbocycles. The zero-order chi connectivity index (χ0) is 28.3. The molecule has 2 fully saturated rings. The van der Waals surface area contributed by atoms with E-state index < -0.39 is 5.56 Å². The highest BCUT2D eigenvalue weighted by Crippen LogP contribution is 2.37. The van der Waals surface area contributed by atoms with E-state index in [9.17, 15) is 19.6 Å². The first-order valence-electron chi connectivity index (χ1n) is 12.6. The average molecular weight is 567 g/mol. The Balaban J connectivity index is 1.73. The van der Waals surface area contributed by atoms with Crippen LogP contribution in [0.4, 0.5) is 5.82 Å². The number of ether oxygens (including phenoxy) is 2. The first kappa shape index (κ1) is 28.4. The van der Waals surface area contributed by atoms with Crippen LogP contribution < -0.4 is 15.2 Å². The number of amides is 1. The standard InChI is InChI=1S/C28H30N4O5S2/c1-5-37-27(35)19-7-6-12-31(16-19)24-21(17(2)22(14-29)25(33)30(24)3)13-23-26(34)32(28(38)39-23)15-18-8-10-20(36-4)11-9-18/h8-11,13,19H,5-7,12,15-16H2,1-4H3/b23-13-. The van der Waals surface area contributed by atoms with Crippen LogP contribution in [0.1, 0.15) is 42.0 Å². The summed E-state index contributed by atoms with van der Waals surface area (Å²) in [6.07, 6.45) is 3.14.